The maximum atomic E-state index is 13.2. The van der Waals surface area contributed by atoms with Crippen molar-refractivity contribution in [3.05, 3.63) is 64.0 Å². The van der Waals surface area contributed by atoms with Gasteiger partial charge in [-0.05, 0) is 23.8 Å². The molecule has 0 atom stereocenters. The Kier molecular flexibility index (Phi) is 3.02. The molecule has 0 unspecified atom stereocenters. The predicted octanol–water partition coefficient (Wildman–Crippen LogP) is 3.27. The number of hydrogen-bond acceptors (Lipinski definition) is 3. The van der Waals surface area contributed by atoms with Gasteiger partial charge in [0.25, 0.3) is 5.69 Å². The zero-order chi connectivity index (χ0) is 13.1. The number of nitro groups is 1. The van der Waals surface area contributed by atoms with Crippen LogP contribution in [0.2, 0.25) is 0 Å². The van der Waals surface area contributed by atoms with E-state index in [2.05, 4.69) is 0 Å². The third-order valence-electron chi connectivity index (χ3n) is 2.50. The molecule has 88 valence electrons. The third-order valence-corrected chi connectivity index (χ3v) is 2.50. The first-order valence-electron chi connectivity index (χ1n) is 5.07. The molecule has 0 bridgehead atoms. The molecule has 0 spiro atoms. The van der Waals surface area contributed by atoms with Crippen molar-refractivity contribution < 1.29 is 9.31 Å². The second-order valence-corrected chi connectivity index (χ2v) is 3.58. The highest BCUT2D eigenvalue weighted by Gasteiger charge is 2.15. The third kappa shape index (κ3) is 2.04. The average molecular weight is 242 g/mol. The van der Waals surface area contributed by atoms with Crippen LogP contribution in [0.4, 0.5) is 10.1 Å². The summed E-state index contributed by atoms with van der Waals surface area (Å²) in [5, 5.41) is 19.6. The average Bonchev–Trinajstić information content (AvgIpc) is 2.39. The van der Waals surface area contributed by atoms with Gasteiger partial charge in [0.1, 0.15) is 11.9 Å². The van der Waals surface area contributed by atoms with Gasteiger partial charge in [0.15, 0.2) is 0 Å². The molecule has 18 heavy (non-hydrogen) atoms. The number of hydrogen-bond donors (Lipinski definition) is 0. The minimum atomic E-state index is -0.639. The lowest BCUT2D eigenvalue weighted by Gasteiger charge is -2.03. The van der Waals surface area contributed by atoms with Crippen molar-refractivity contribution in [1.82, 2.24) is 0 Å². The Morgan fingerprint density at radius 1 is 1.22 bits per heavy atom. The van der Waals surface area contributed by atoms with Crippen molar-refractivity contribution in [2.45, 2.75) is 0 Å². The molecule has 0 saturated carbocycles. The molecule has 4 nitrogen and oxygen atoms in total. The van der Waals surface area contributed by atoms with Crippen LogP contribution in [-0.4, -0.2) is 4.92 Å². The van der Waals surface area contributed by atoms with Crippen molar-refractivity contribution in [2.24, 2.45) is 0 Å². The van der Waals surface area contributed by atoms with Crippen molar-refractivity contribution in [1.29, 1.82) is 5.26 Å². The molecular weight excluding hydrogens is 235 g/mol. The van der Waals surface area contributed by atoms with E-state index in [4.69, 9.17) is 5.26 Å². The fourth-order valence-electron chi connectivity index (χ4n) is 1.66. The van der Waals surface area contributed by atoms with Gasteiger partial charge in [-0.1, -0.05) is 18.2 Å². The van der Waals surface area contributed by atoms with Gasteiger partial charge in [0, 0.05) is 6.07 Å². The minimum absolute atomic E-state index is 0.0759. The highest BCUT2D eigenvalue weighted by Crippen LogP contribution is 2.30. The summed E-state index contributed by atoms with van der Waals surface area (Å²) in [5.41, 5.74) is 0.595. The molecule has 0 radical (unpaired) electrons. The molecule has 0 fully saturated rings. The number of nitro benzene ring substituents is 1. The van der Waals surface area contributed by atoms with Crippen molar-refractivity contribution in [3.63, 3.8) is 0 Å². The standard InChI is InChI=1S/C13H7FN2O2/c14-12-6-5-9(7-10(12)8-15)11-3-1-2-4-13(11)16(17)18/h1-7H. The molecule has 0 aromatic heterocycles. The van der Waals surface area contributed by atoms with Gasteiger partial charge in [0.2, 0.25) is 0 Å². The van der Waals surface area contributed by atoms with E-state index in [1.165, 1.54) is 18.2 Å². The Balaban J connectivity index is 2.63. The highest BCUT2D eigenvalue weighted by atomic mass is 19.1. The van der Waals surface area contributed by atoms with Crippen molar-refractivity contribution >= 4 is 5.69 Å². The van der Waals surface area contributed by atoms with E-state index >= 15 is 0 Å². The van der Waals surface area contributed by atoms with Gasteiger partial charge in [-0.3, -0.25) is 10.1 Å². The number of nitrogens with zero attached hydrogens (tertiary/aromatic N) is 2. The maximum Gasteiger partial charge on any atom is 0.277 e. The van der Waals surface area contributed by atoms with E-state index in [9.17, 15) is 14.5 Å². The minimum Gasteiger partial charge on any atom is -0.258 e. The first-order chi connectivity index (χ1) is 8.63. The van der Waals surface area contributed by atoms with Crippen LogP contribution in [0, 0.1) is 27.3 Å². The smallest absolute Gasteiger partial charge is 0.258 e. The van der Waals surface area contributed by atoms with Crippen LogP contribution in [-0.2, 0) is 0 Å². The molecule has 5 heteroatoms. The number of rotatable bonds is 2. The Morgan fingerprint density at radius 3 is 2.61 bits per heavy atom. The molecule has 0 amide bonds. The molecule has 2 aromatic carbocycles. The Hall–Kier alpha value is -2.74. The molecule has 0 N–H and O–H groups in total. The lowest BCUT2D eigenvalue weighted by Crippen LogP contribution is -1.92. The first kappa shape index (κ1) is 11.7. The van der Waals surface area contributed by atoms with E-state index in [1.54, 1.807) is 24.3 Å². The molecule has 2 rings (SSSR count). The summed E-state index contributed by atoms with van der Waals surface area (Å²) in [5.74, 6) is -0.639. The van der Waals surface area contributed by atoms with E-state index < -0.39 is 10.7 Å². The summed E-state index contributed by atoms with van der Waals surface area (Å²) in [4.78, 5) is 10.4. The van der Waals surface area contributed by atoms with E-state index in [1.807, 2.05) is 0 Å². The molecular formula is C13H7FN2O2. The topological polar surface area (TPSA) is 66.9 Å². The number of benzene rings is 2. The van der Waals surface area contributed by atoms with Crippen LogP contribution in [0.3, 0.4) is 0 Å². The largest absolute Gasteiger partial charge is 0.277 e. The van der Waals surface area contributed by atoms with Gasteiger partial charge >= 0.3 is 0 Å². The predicted molar refractivity (Wildman–Crippen MR) is 63.2 cm³/mol. The Labute approximate surface area is 102 Å². The van der Waals surface area contributed by atoms with Crippen molar-refractivity contribution in [2.75, 3.05) is 0 Å². The molecule has 0 aliphatic rings. The molecule has 0 saturated heterocycles. The summed E-state index contributed by atoms with van der Waals surface area (Å²) in [6.07, 6.45) is 0. The zero-order valence-electron chi connectivity index (χ0n) is 9.13. The number of halogens is 1. The summed E-state index contributed by atoms with van der Waals surface area (Å²) in [6.45, 7) is 0. The zero-order valence-corrected chi connectivity index (χ0v) is 9.13. The van der Waals surface area contributed by atoms with Crippen molar-refractivity contribution in [3.8, 4) is 17.2 Å². The lowest BCUT2D eigenvalue weighted by atomic mass is 10.0. The highest BCUT2D eigenvalue weighted by molar-refractivity contribution is 5.74. The fourth-order valence-corrected chi connectivity index (χ4v) is 1.66. The van der Waals surface area contributed by atoms with Gasteiger partial charge in [-0.2, -0.15) is 5.26 Å². The maximum absolute atomic E-state index is 13.2. The van der Waals surface area contributed by atoms with Crippen LogP contribution in [0.15, 0.2) is 42.5 Å². The van der Waals surface area contributed by atoms with Gasteiger partial charge in [0.05, 0.1) is 16.1 Å². The number of nitriles is 1. The van der Waals surface area contributed by atoms with E-state index in [0.29, 0.717) is 11.1 Å². The SMILES string of the molecule is N#Cc1cc(-c2ccccc2[N+](=O)[O-])ccc1F. The Bertz CT molecular complexity index is 662. The Morgan fingerprint density at radius 2 is 1.94 bits per heavy atom. The molecule has 0 heterocycles. The second kappa shape index (κ2) is 4.63. The second-order valence-electron chi connectivity index (χ2n) is 3.58. The summed E-state index contributed by atoms with van der Waals surface area (Å²) in [6, 6.07) is 11.7. The molecule has 0 aliphatic carbocycles. The van der Waals surface area contributed by atoms with Crippen LogP contribution in [0.5, 0.6) is 0 Å². The molecule has 0 aliphatic heterocycles. The summed E-state index contributed by atoms with van der Waals surface area (Å²) < 4.78 is 13.2. The van der Waals surface area contributed by atoms with E-state index in [-0.39, 0.29) is 11.3 Å². The van der Waals surface area contributed by atoms with Crippen LogP contribution in [0.25, 0.3) is 11.1 Å². The van der Waals surface area contributed by atoms with Gasteiger partial charge < -0.3 is 0 Å². The first-order valence-corrected chi connectivity index (χ1v) is 5.07. The lowest BCUT2D eigenvalue weighted by molar-refractivity contribution is -0.384. The molecule has 2 aromatic rings. The van der Waals surface area contributed by atoms with Crippen LogP contribution < -0.4 is 0 Å². The summed E-state index contributed by atoms with van der Waals surface area (Å²) >= 11 is 0. The van der Waals surface area contributed by atoms with Crippen LogP contribution in [0.1, 0.15) is 5.56 Å². The van der Waals surface area contributed by atoms with Gasteiger partial charge in [-0.15, -0.1) is 0 Å². The number of para-hydroxylation sites is 1. The normalized spacial score (nSPS) is 9.78. The van der Waals surface area contributed by atoms with Gasteiger partial charge in [-0.25, -0.2) is 4.39 Å². The monoisotopic (exact) mass is 242 g/mol. The quantitative estimate of drug-likeness (QED) is 0.599. The fraction of sp³-hybridized carbons (Fsp3) is 0. The summed E-state index contributed by atoms with van der Waals surface area (Å²) in [7, 11) is 0. The van der Waals surface area contributed by atoms with Crippen LogP contribution >= 0.6 is 0 Å². The van der Waals surface area contributed by atoms with E-state index in [0.717, 1.165) is 6.07 Å².